The molecule has 0 saturated carbocycles. The van der Waals surface area contributed by atoms with Crippen molar-refractivity contribution >= 4 is 34.8 Å². The fourth-order valence-electron chi connectivity index (χ4n) is 2.27. The monoisotopic (exact) mass is 346 g/mol. The third kappa shape index (κ3) is 2.57. The molecule has 4 rings (SSSR count). The third-order valence-electron chi connectivity index (χ3n) is 3.25. The average Bonchev–Trinajstić information content (AvgIpc) is 3.26. The molecule has 0 amide bonds. The highest BCUT2D eigenvalue weighted by Crippen LogP contribution is 2.35. The number of thiophene rings is 1. The molecule has 23 heavy (non-hydrogen) atoms. The number of aromatic nitrogens is 3. The van der Waals surface area contributed by atoms with Crippen LogP contribution in [-0.4, -0.2) is 36.9 Å². The SMILES string of the molecule is O=C(O)C[C@H]1Sc2nnc(-c3ccco3)n2N=C1c1cccs1. The van der Waals surface area contributed by atoms with Gasteiger partial charge in [-0.25, -0.2) is 0 Å². The van der Waals surface area contributed by atoms with E-state index in [2.05, 4.69) is 15.3 Å². The molecule has 116 valence electrons. The number of fused-ring (bicyclic) bond motifs is 1. The number of aliphatic carboxylic acids is 1. The van der Waals surface area contributed by atoms with Gasteiger partial charge < -0.3 is 9.52 Å². The molecule has 3 aromatic heterocycles. The van der Waals surface area contributed by atoms with Crippen LogP contribution >= 0.6 is 23.1 Å². The van der Waals surface area contributed by atoms with Crippen LogP contribution in [0.25, 0.3) is 11.6 Å². The van der Waals surface area contributed by atoms with Gasteiger partial charge >= 0.3 is 5.97 Å². The molecule has 1 aliphatic rings. The van der Waals surface area contributed by atoms with Gasteiger partial charge in [0, 0.05) is 0 Å². The van der Waals surface area contributed by atoms with Gasteiger partial charge in [0.1, 0.15) is 0 Å². The third-order valence-corrected chi connectivity index (χ3v) is 5.28. The standard InChI is InChI=1S/C14H10N4O3S2/c19-11(20)7-10-12(9-4-2-6-22-9)17-18-13(8-3-1-5-21-8)15-16-14(18)23-10/h1-6,10H,7H2,(H,19,20)/t10-/m1/s1. The Balaban J connectivity index is 1.82. The van der Waals surface area contributed by atoms with Crippen molar-refractivity contribution in [2.75, 3.05) is 0 Å². The number of hydrogen-bond acceptors (Lipinski definition) is 7. The van der Waals surface area contributed by atoms with Gasteiger partial charge in [0.25, 0.3) is 0 Å². The molecule has 0 aliphatic carbocycles. The molecule has 4 heterocycles. The summed E-state index contributed by atoms with van der Waals surface area (Å²) < 4.78 is 6.98. The van der Waals surface area contributed by atoms with Gasteiger partial charge in [-0.2, -0.15) is 9.78 Å². The summed E-state index contributed by atoms with van der Waals surface area (Å²) in [5, 5.41) is 24.2. The molecule has 0 aromatic carbocycles. The first-order valence-corrected chi connectivity index (χ1v) is 8.49. The van der Waals surface area contributed by atoms with Crippen molar-refractivity contribution < 1.29 is 14.3 Å². The summed E-state index contributed by atoms with van der Waals surface area (Å²) >= 11 is 2.88. The fraction of sp³-hybridized carbons (Fsp3) is 0.143. The minimum absolute atomic E-state index is 0.0235. The van der Waals surface area contributed by atoms with Crippen LogP contribution in [0.15, 0.2) is 50.6 Å². The molecule has 0 radical (unpaired) electrons. The van der Waals surface area contributed by atoms with E-state index in [1.807, 2.05) is 17.5 Å². The molecule has 0 bridgehead atoms. The van der Waals surface area contributed by atoms with Crippen molar-refractivity contribution in [3.8, 4) is 11.6 Å². The Hall–Kier alpha value is -2.39. The number of carboxylic acids is 1. The number of nitrogens with zero attached hydrogens (tertiary/aromatic N) is 4. The number of furan rings is 1. The number of carboxylic acid groups (broad SMARTS) is 1. The maximum Gasteiger partial charge on any atom is 0.304 e. The molecule has 9 heteroatoms. The van der Waals surface area contributed by atoms with Gasteiger partial charge in [0.15, 0.2) is 5.76 Å². The fourth-order valence-corrected chi connectivity index (χ4v) is 4.19. The predicted molar refractivity (Wildman–Crippen MR) is 85.9 cm³/mol. The maximum absolute atomic E-state index is 11.2. The minimum Gasteiger partial charge on any atom is -0.481 e. The lowest BCUT2D eigenvalue weighted by atomic mass is 10.1. The van der Waals surface area contributed by atoms with Gasteiger partial charge in [0.05, 0.1) is 28.5 Å². The second kappa shape index (κ2) is 5.67. The molecular formula is C14H10N4O3S2. The second-order valence-corrected chi connectivity index (χ2v) is 6.88. The molecule has 1 atom stereocenters. The first-order chi connectivity index (χ1) is 11.2. The smallest absolute Gasteiger partial charge is 0.304 e. The molecule has 3 aromatic rings. The van der Waals surface area contributed by atoms with E-state index in [4.69, 9.17) is 9.52 Å². The van der Waals surface area contributed by atoms with Crippen LogP contribution in [0.1, 0.15) is 11.3 Å². The van der Waals surface area contributed by atoms with Crippen LogP contribution in [-0.2, 0) is 4.79 Å². The topological polar surface area (TPSA) is 93.5 Å². The van der Waals surface area contributed by atoms with Crippen molar-refractivity contribution in [1.82, 2.24) is 14.9 Å². The molecule has 1 aliphatic heterocycles. The van der Waals surface area contributed by atoms with Gasteiger partial charge in [-0.3, -0.25) is 4.79 Å². The van der Waals surface area contributed by atoms with E-state index in [-0.39, 0.29) is 11.7 Å². The van der Waals surface area contributed by atoms with Crippen LogP contribution in [0.2, 0.25) is 0 Å². The second-order valence-electron chi connectivity index (χ2n) is 4.76. The Bertz CT molecular complexity index is 868. The quantitative estimate of drug-likeness (QED) is 0.781. The van der Waals surface area contributed by atoms with Crippen molar-refractivity contribution in [3.63, 3.8) is 0 Å². The molecule has 0 fully saturated rings. The first-order valence-electron chi connectivity index (χ1n) is 6.73. The van der Waals surface area contributed by atoms with Gasteiger partial charge in [0.2, 0.25) is 11.0 Å². The van der Waals surface area contributed by atoms with Gasteiger partial charge in [-0.15, -0.1) is 21.5 Å². The number of thioether (sulfide) groups is 1. The first kappa shape index (κ1) is 14.2. The van der Waals surface area contributed by atoms with Crippen LogP contribution in [0.3, 0.4) is 0 Å². The predicted octanol–water partition coefficient (Wildman–Crippen LogP) is 2.80. The number of carbonyl (C=O) groups is 1. The summed E-state index contributed by atoms with van der Waals surface area (Å²) in [4.78, 5) is 12.1. The van der Waals surface area contributed by atoms with Crippen molar-refractivity contribution in [2.24, 2.45) is 5.10 Å². The molecule has 0 unspecified atom stereocenters. The largest absolute Gasteiger partial charge is 0.481 e. The molecule has 0 spiro atoms. The summed E-state index contributed by atoms with van der Waals surface area (Å²) in [5.41, 5.74) is 0.715. The number of rotatable bonds is 4. The van der Waals surface area contributed by atoms with Crippen LogP contribution < -0.4 is 0 Å². The molecular weight excluding hydrogens is 336 g/mol. The van der Waals surface area contributed by atoms with Gasteiger partial charge in [-0.05, 0) is 23.6 Å². The Morgan fingerprint density at radius 1 is 1.35 bits per heavy atom. The Kier molecular flexibility index (Phi) is 3.50. The molecule has 1 N–H and O–H groups in total. The summed E-state index contributed by atoms with van der Waals surface area (Å²) in [7, 11) is 0. The normalized spacial score (nSPS) is 16.9. The van der Waals surface area contributed by atoms with E-state index in [0.717, 1.165) is 4.88 Å². The van der Waals surface area contributed by atoms with Crippen LogP contribution in [0.5, 0.6) is 0 Å². The summed E-state index contributed by atoms with van der Waals surface area (Å²) in [6.45, 7) is 0. The zero-order valence-corrected chi connectivity index (χ0v) is 13.3. The lowest BCUT2D eigenvalue weighted by molar-refractivity contribution is -0.136. The Labute approximate surface area is 138 Å². The molecule has 7 nitrogen and oxygen atoms in total. The van der Waals surface area contributed by atoms with Crippen LogP contribution in [0.4, 0.5) is 0 Å². The van der Waals surface area contributed by atoms with E-state index in [0.29, 0.717) is 22.5 Å². The zero-order valence-electron chi connectivity index (χ0n) is 11.6. The van der Waals surface area contributed by atoms with E-state index in [1.54, 1.807) is 23.1 Å². The van der Waals surface area contributed by atoms with Crippen molar-refractivity contribution in [2.45, 2.75) is 16.8 Å². The summed E-state index contributed by atoms with van der Waals surface area (Å²) in [5.74, 6) is 0.196. The molecule has 0 saturated heterocycles. The highest BCUT2D eigenvalue weighted by atomic mass is 32.2. The van der Waals surface area contributed by atoms with Crippen molar-refractivity contribution in [1.29, 1.82) is 0 Å². The lowest BCUT2D eigenvalue weighted by Crippen LogP contribution is -2.26. The zero-order chi connectivity index (χ0) is 15.8. The number of hydrogen-bond donors (Lipinski definition) is 1. The van der Waals surface area contributed by atoms with Gasteiger partial charge in [-0.1, -0.05) is 17.8 Å². The van der Waals surface area contributed by atoms with Crippen molar-refractivity contribution in [3.05, 3.63) is 40.8 Å². The van der Waals surface area contributed by atoms with E-state index in [9.17, 15) is 4.79 Å². The highest BCUT2D eigenvalue weighted by molar-refractivity contribution is 8.00. The maximum atomic E-state index is 11.2. The Morgan fingerprint density at radius 2 is 2.26 bits per heavy atom. The highest BCUT2D eigenvalue weighted by Gasteiger charge is 2.31. The van der Waals surface area contributed by atoms with E-state index >= 15 is 0 Å². The lowest BCUT2D eigenvalue weighted by Gasteiger charge is -2.20. The Morgan fingerprint density at radius 3 is 2.96 bits per heavy atom. The van der Waals surface area contributed by atoms with E-state index < -0.39 is 5.97 Å². The average molecular weight is 346 g/mol. The summed E-state index contributed by atoms with van der Waals surface area (Å²) in [6.07, 6.45) is 1.54. The summed E-state index contributed by atoms with van der Waals surface area (Å²) in [6, 6.07) is 7.40. The van der Waals surface area contributed by atoms with Crippen LogP contribution in [0, 0.1) is 0 Å². The van der Waals surface area contributed by atoms with E-state index in [1.165, 1.54) is 23.1 Å². The minimum atomic E-state index is -0.869.